The van der Waals surface area contributed by atoms with E-state index in [0.29, 0.717) is 6.42 Å². The van der Waals surface area contributed by atoms with Crippen molar-refractivity contribution in [1.82, 2.24) is 0 Å². The summed E-state index contributed by atoms with van der Waals surface area (Å²) in [7, 11) is 1.28. The average Bonchev–Trinajstić information content (AvgIpc) is 2.19. The number of nitrogens with two attached hydrogens (primary N) is 1. The molecule has 0 saturated carbocycles. The minimum atomic E-state index is -0.543. The molecule has 0 aliphatic carbocycles. The third-order valence-electron chi connectivity index (χ3n) is 2.02. The molecular weight excluding hydrogens is 194 g/mol. The first kappa shape index (κ1) is 11.5. The zero-order valence-electron chi connectivity index (χ0n) is 8.86. The van der Waals surface area contributed by atoms with E-state index in [-0.39, 0.29) is 17.4 Å². The van der Waals surface area contributed by atoms with Crippen molar-refractivity contribution in [2.45, 2.75) is 19.4 Å². The summed E-state index contributed by atoms with van der Waals surface area (Å²) in [6.07, 6.45) is 0.657. The molecule has 0 saturated heterocycles. The van der Waals surface area contributed by atoms with Crippen LogP contribution < -0.4 is 5.73 Å². The molecule has 0 aliphatic heterocycles. The normalized spacial score (nSPS) is 12.2. The Morgan fingerprint density at radius 1 is 1.60 bits per heavy atom. The molecule has 4 nitrogen and oxygen atoms in total. The summed E-state index contributed by atoms with van der Waals surface area (Å²) >= 11 is 0. The maximum Gasteiger partial charge on any atom is 0.341 e. The lowest BCUT2D eigenvalue weighted by Crippen LogP contribution is -2.18. The van der Waals surface area contributed by atoms with Crippen molar-refractivity contribution in [2.24, 2.45) is 5.73 Å². The fourth-order valence-electron chi connectivity index (χ4n) is 1.36. The van der Waals surface area contributed by atoms with Crippen LogP contribution in [-0.2, 0) is 11.2 Å². The minimum absolute atomic E-state index is 0.0139. The van der Waals surface area contributed by atoms with Crippen molar-refractivity contribution in [3.63, 3.8) is 0 Å². The van der Waals surface area contributed by atoms with Crippen LogP contribution in [0.4, 0.5) is 0 Å². The molecule has 0 spiro atoms. The Labute approximate surface area is 88.7 Å². The van der Waals surface area contributed by atoms with Gasteiger partial charge in [-0.3, -0.25) is 0 Å². The Bertz CT molecular complexity index is 361. The molecule has 1 aromatic carbocycles. The van der Waals surface area contributed by atoms with Gasteiger partial charge in [-0.2, -0.15) is 0 Å². The Balaban J connectivity index is 3.00. The van der Waals surface area contributed by atoms with Crippen LogP contribution in [0.15, 0.2) is 18.2 Å². The monoisotopic (exact) mass is 209 g/mol. The van der Waals surface area contributed by atoms with Gasteiger partial charge in [0.15, 0.2) is 0 Å². The quantitative estimate of drug-likeness (QED) is 0.730. The van der Waals surface area contributed by atoms with Gasteiger partial charge < -0.3 is 15.6 Å². The van der Waals surface area contributed by atoms with Gasteiger partial charge in [0.2, 0.25) is 0 Å². The van der Waals surface area contributed by atoms with E-state index in [1.54, 1.807) is 12.1 Å². The highest BCUT2D eigenvalue weighted by atomic mass is 16.5. The molecule has 0 radical (unpaired) electrons. The zero-order valence-corrected chi connectivity index (χ0v) is 8.86. The molecular formula is C11H15NO3. The summed E-state index contributed by atoms with van der Waals surface area (Å²) in [5, 5.41) is 9.44. The largest absolute Gasteiger partial charge is 0.507 e. The highest BCUT2D eigenvalue weighted by molar-refractivity contribution is 5.92. The van der Waals surface area contributed by atoms with E-state index in [2.05, 4.69) is 4.74 Å². The summed E-state index contributed by atoms with van der Waals surface area (Å²) in [4.78, 5) is 11.3. The van der Waals surface area contributed by atoms with Crippen molar-refractivity contribution in [3.8, 4) is 5.75 Å². The first-order valence-corrected chi connectivity index (χ1v) is 4.70. The number of aromatic hydroxyl groups is 1. The number of ether oxygens (including phenoxy) is 1. The maximum atomic E-state index is 11.3. The van der Waals surface area contributed by atoms with Gasteiger partial charge in [-0.1, -0.05) is 6.07 Å². The summed E-state index contributed by atoms with van der Waals surface area (Å²) in [6.45, 7) is 1.88. The predicted molar refractivity (Wildman–Crippen MR) is 56.8 cm³/mol. The van der Waals surface area contributed by atoms with Crippen molar-refractivity contribution in [3.05, 3.63) is 29.3 Å². The number of methoxy groups -OCH3 is 1. The van der Waals surface area contributed by atoms with E-state index >= 15 is 0 Å². The van der Waals surface area contributed by atoms with E-state index in [1.807, 2.05) is 6.92 Å². The molecule has 0 bridgehead atoms. The zero-order chi connectivity index (χ0) is 11.4. The molecule has 0 aliphatic rings. The third kappa shape index (κ3) is 2.95. The first-order valence-electron chi connectivity index (χ1n) is 4.70. The highest BCUT2D eigenvalue weighted by Gasteiger charge is 2.12. The lowest BCUT2D eigenvalue weighted by molar-refractivity contribution is 0.0597. The Kier molecular flexibility index (Phi) is 3.68. The van der Waals surface area contributed by atoms with Gasteiger partial charge in [0.05, 0.1) is 7.11 Å². The third-order valence-corrected chi connectivity index (χ3v) is 2.02. The van der Waals surface area contributed by atoms with E-state index in [0.717, 1.165) is 5.56 Å². The highest BCUT2D eigenvalue weighted by Crippen LogP contribution is 2.19. The molecule has 3 N–H and O–H groups in total. The molecule has 1 atom stereocenters. The van der Waals surface area contributed by atoms with E-state index in [4.69, 9.17) is 5.73 Å². The molecule has 82 valence electrons. The molecule has 0 amide bonds. The number of rotatable bonds is 3. The molecule has 15 heavy (non-hydrogen) atoms. The molecule has 4 heteroatoms. The summed E-state index contributed by atoms with van der Waals surface area (Å²) < 4.78 is 4.55. The van der Waals surface area contributed by atoms with Crippen molar-refractivity contribution < 1.29 is 14.6 Å². The smallest absolute Gasteiger partial charge is 0.341 e. The average molecular weight is 209 g/mol. The van der Waals surface area contributed by atoms with Crippen LogP contribution in [0.5, 0.6) is 5.75 Å². The minimum Gasteiger partial charge on any atom is -0.507 e. The van der Waals surface area contributed by atoms with Crippen molar-refractivity contribution >= 4 is 5.97 Å². The maximum absolute atomic E-state index is 11.3. The summed E-state index contributed by atoms with van der Waals surface area (Å²) in [5.74, 6) is -0.616. The van der Waals surface area contributed by atoms with Gasteiger partial charge >= 0.3 is 5.97 Å². The summed E-state index contributed by atoms with van der Waals surface area (Å²) in [6, 6.07) is 4.83. The number of phenols is 1. The van der Waals surface area contributed by atoms with Crippen LogP contribution >= 0.6 is 0 Å². The van der Waals surface area contributed by atoms with Crippen molar-refractivity contribution in [1.29, 1.82) is 0 Å². The second kappa shape index (κ2) is 4.79. The number of hydrogen-bond donors (Lipinski definition) is 2. The standard InChI is InChI=1S/C11H15NO3/c1-7(12)5-8-3-4-10(13)9(6-8)11(14)15-2/h3-4,6-7,13H,5,12H2,1-2H3. The lowest BCUT2D eigenvalue weighted by Gasteiger charge is -2.08. The van der Waals surface area contributed by atoms with E-state index in [9.17, 15) is 9.90 Å². The number of benzene rings is 1. The van der Waals surface area contributed by atoms with Crippen molar-refractivity contribution in [2.75, 3.05) is 7.11 Å². The Morgan fingerprint density at radius 3 is 2.80 bits per heavy atom. The second-order valence-corrected chi connectivity index (χ2v) is 3.52. The SMILES string of the molecule is COC(=O)c1cc(CC(C)N)ccc1O. The van der Waals surface area contributed by atoms with Gasteiger partial charge in [-0.25, -0.2) is 4.79 Å². The van der Waals surface area contributed by atoms with Gasteiger partial charge in [0.25, 0.3) is 0 Å². The predicted octanol–water partition coefficient (Wildman–Crippen LogP) is 1.07. The number of phenolic OH excluding ortho intramolecular Hbond substituents is 1. The number of hydrogen-bond acceptors (Lipinski definition) is 4. The number of esters is 1. The first-order chi connectivity index (χ1) is 7.04. The van der Waals surface area contributed by atoms with Crippen LogP contribution in [0.3, 0.4) is 0 Å². The molecule has 1 rings (SSSR count). The fourth-order valence-corrected chi connectivity index (χ4v) is 1.36. The van der Waals surface area contributed by atoms with Crippen LogP contribution in [-0.4, -0.2) is 24.2 Å². The van der Waals surface area contributed by atoms with Crippen LogP contribution in [0.2, 0.25) is 0 Å². The van der Waals surface area contributed by atoms with Crippen LogP contribution in [0, 0.1) is 0 Å². The number of carbonyl (C=O) groups is 1. The molecule has 1 unspecified atom stereocenters. The van der Waals surface area contributed by atoms with Gasteiger partial charge in [-0.05, 0) is 31.0 Å². The Morgan fingerprint density at radius 2 is 2.27 bits per heavy atom. The molecule has 1 aromatic rings. The molecule has 0 heterocycles. The molecule has 0 fully saturated rings. The van der Waals surface area contributed by atoms with E-state index in [1.165, 1.54) is 13.2 Å². The van der Waals surface area contributed by atoms with Crippen LogP contribution in [0.25, 0.3) is 0 Å². The second-order valence-electron chi connectivity index (χ2n) is 3.52. The van der Waals surface area contributed by atoms with Gasteiger partial charge in [0, 0.05) is 6.04 Å². The van der Waals surface area contributed by atoms with Crippen LogP contribution in [0.1, 0.15) is 22.8 Å². The fraction of sp³-hybridized carbons (Fsp3) is 0.364. The molecule has 0 aromatic heterocycles. The van der Waals surface area contributed by atoms with Gasteiger partial charge in [0.1, 0.15) is 11.3 Å². The lowest BCUT2D eigenvalue weighted by atomic mass is 10.0. The Hall–Kier alpha value is -1.55. The topological polar surface area (TPSA) is 72.5 Å². The summed E-state index contributed by atoms with van der Waals surface area (Å²) in [5.41, 5.74) is 6.72. The van der Waals surface area contributed by atoms with Gasteiger partial charge in [-0.15, -0.1) is 0 Å². The number of carbonyl (C=O) groups excluding carboxylic acids is 1. The van der Waals surface area contributed by atoms with E-state index < -0.39 is 5.97 Å².